The Kier molecular flexibility index (Phi) is 4.89. The molecule has 0 unspecified atom stereocenters. The van der Waals surface area contributed by atoms with Crippen molar-refractivity contribution in [3.8, 4) is 5.69 Å². The van der Waals surface area contributed by atoms with E-state index in [2.05, 4.69) is 40.0 Å². The Balaban J connectivity index is 1.44. The lowest BCUT2D eigenvalue weighted by Gasteiger charge is -2.15. The fourth-order valence-electron chi connectivity index (χ4n) is 4.26. The van der Waals surface area contributed by atoms with Crippen molar-refractivity contribution in [3.63, 3.8) is 0 Å². The van der Waals surface area contributed by atoms with Crippen molar-refractivity contribution in [3.05, 3.63) is 69.4 Å². The van der Waals surface area contributed by atoms with Crippen LogP contribution in [0.25, 0.3) is 5.69 Å². The van der Waals surface area contributed by atoms with E-state index < -0.39 is 0 Å². The molecule has 1 saturated carbocycles. The van der Waals surface area contributed by atoms with Crippen molar-refractivity contribution < 1.29 is 0 Å². The molecule has 5 rings (SSSR count). The maximum absolute atomic E-state index is 13.1. The van der Waals surface area contributed by atoms with E-state index in [-0.39, 0.29) is 5.56 Å². The molecule has 0 atom stereocenters. The standard InChI is InChI=1S/C23H26N6OS/c1-14-12-19(15(2)28(14)17-10-11-17)20-13-31-23(26-25-20)24-21-16(3)27(4)29(22(21)30)18-8-6-5-7-9-18/h5-9,12,17H,10-11,13H2,1-4H3,(H,24,26). The van der Waals surface area contributed by atoms with Gasteiger partial charge in [0.15, 0.2) is 10.9 Å². The maximum Gasteiger partial charge on any atom is 0.297 e. The summed E-state index contributed by atoms with van der Waals surface area (Å²) < 4.78 is 5.92. The fourth-order valence-corrected chi connectivity index (χ4v) is 5.02. The van der Waals surface area contributed by atoms with Gasteiger partial charge in [-0.2, -0.15) is 5.10 Å². The number of para-hydroxylation sites is 1. The number of aryl methyl sites for hydroxylation is 1. The normalized spacial score (nSPS) is 17.7. The second kappa shape index (κ2) is 7.60. The highest BCUT2D eigenvalue weighted by Crippen LogP contribution is 2.38. The number of aliphatic imine (C=N–C) groups is 1. The fraction of sp³-hybridized carbons (Fsp3) is 0.348. The molecule has 1 fully saturated rings. The number of hydrogen-bond donors (Lipinski definition) is 1. The lowest BCUT2D eigenvalue weighted by atomic mass is 10.1. The van der Waals surface area contributed by atoms with E-state index in [1.807, 2.05) is 49.0 Å². The van der Waals surface area contributed by atoms with Gasteiger partial charge in [-0.15, -0.1) is 0 Å². The quantitative estimate of drug-likeness (QED) is 0.676. The van der Waals surface area contributed by atoms with Crippen LogP contribution in [0.2, 0.25) is 0 Å². The number of aromatic nitrogens is 3. The first kappa shape index (κ1) is 19.9. The van der Waals surface area contributed by atoms with Crippen LogP contribution in [0.5, 0.6) is 0 Å². The molecule has 160 valence electrons. The zero-order chi connectivity index (χ0) is 21.7. The molecule has 3 aromatic rings. The van der Waals surface area contributed by atoms with E-state index in [0.717, 1.165) is 22.8 Å². The minimum Gasteiger partial charge on any atom is -0.345 e. The Labute approximate surface area is 185 Å². The van der Waals surface area contributed by atoms with E-state index in [0.29, 0.717) is 16.9 Å². The SMILES string of the molecule is Cc1cc(C2=NNC(=Nc3c(C)n(C)n(-c4ccccc4)c3=O)SC2)c(C)n1C1CC1. The van der Waals surface area contributed by atoms with Gasteiger partial charge in [-0.05, 0) is 51.8 Å². The minimum absolute atomic E-state index is 0.135. The summed E-state index contributed by atoms with van der Waals surface area (Å²) in [6.45, 7) is 6.26. The Hall–Kier alpha value is -3.00. The van der Waals surface area contributed by atoms with Gasteiger partial charge < -0.3 is 4.57 Å². The second-order valence-electron chi connectivity index (χ2n) is 8.17. The molecule has 7 nitrogen and oxygen atoms in total. The van der Waals surface area contributed by atoms with Crippen molar-refractivity contribution in [2.75, 3.05) is 5.75 Å². The second-order valence-corrected chi connectivity index (χ2v) is 9.14. The molecule has 0 saturated heterocycles. The van der Waals surface area contributed by atoms with E-state index in [9.17, 15) is 4.79 Å². The summed E-state index contributed by atoms with van der Waals surface area (Å²) in [6.07, 6.45) is 2.53. The number of hydrazone groups is 1. The van der Waals surface area contributed by atoms with Crippen molar-refractivity contribution in [1.82, 2.24) is 19.4 Å². The summed E-state index contributed by atoms with van der Waals surface area (Å²) in [5, 5.41) is 5.25. The molecule has 0 bridgehead atoms. The van der Waals surface area contributed by atoms with Gasteiger partial charge in [0.1, 0.15) is 0 Å². The predicted octanol–water partition coefficient (Wildman–Crippen LogP) is 3.97. The first-order valence-corrected chi connectivity index (χ1v) is 11.5. The van der Waals surface area contributed by atoms with Crippen molar-refractivity contribution >= 4 is 28.3 Å². The molecule has 0 spiro atoms. The van der Waals surface area contributed by atoms with Crippen LogP contribution >= 0.6 is 11.8 Å². The topological polar surface area (TPSA) is 68.6 Å². The molecule has 8 heteroatoms. The molecule has 2 aromatic heterocycles. The highest BCUT2D eigenvalue weighted by atomic mass is 32.2. The van der Waals surface area contributed by atoms with Crippen molar-refractivity contribution in [1.29, 1.82) is 0 Å². The van der Waals surface area contributed by atoms with Crippen molar-refractivity contribution in [2.45, 2.75) is 39.7 Å². The van der Waals surface area contributed by atoms with Gasteiger partial charge in [0.25, 0.3) is 5.56 Å². The highest BCUT2D eigenvalue weighted by molar-refractivity contribution is 8.14. The molecular weight excluding hydrogens is 408 g/mol. The molecule has 1 aliphatic heterocycles. The third kappa shape index (κ3) is 3.44. The van der Waals surface area contributed by atoms with Crippen LogP contribution < -0.4 is 11.0 Å². The molecule has 0 radical (unpaired) electrons. The molecule has 31 heavy (non-hydrogen) atoms. The number of hydrogen-bond acceptors (Lipinski definition) is 4. The average Bonchev–Trinajstić information content (AvgIpc) is 3.53. The number of nitrogens with zero attached hydrogens (tertiary/aromatic N) is 5. The summed E-state index contributed by atoms with van der Waals surface area (Å²) in [5.74, 6) is 0.722. The highest BCUT2D eigenvalue weighted by Gasteiger charge is 2.28. The summed E-state index contributed by atoms with van der Waals surface area (Å²) >= 11 is 1.58. The molecule has 1 aliphatic carbocycles. The zero-order valence-electron chi connectivity index (χ0n) is 18.2. The maximum atomic E-state index is 13.1. The molecule has 3 heterocycles. The van der Waals surface area contributed by atoms with Gasteiger partial charge in [-0.25, -0.2) is 9.67 Å². The minimum atomic E-state index is -0.135. The Morgan fingerprint density at radius 2 is 1.87 bits per heavy atom. The van der Waals surface area contributed by atoms with Crippen LogP contribution in [0, 0.1) is 20.8 Å². The van der Waals surface area contributed by atoms with Crippen LogP contribution in [0.15, 0.2) is 51.3 Å². The van der Waals surface area contributed by atoms with E-state index in [4.69, 9.17) is 0 Å². The van der Waals surface area contributed by atoms with Crippen LogP contribution in [0.3, 0.4) is 0 Å². The summed E-state index contributed by atoms with van der Waals surface area (Å²) in [5.41, 5.74) is 9.81. The molecule has 1 aromatic carbocycles. The molecular formula is C23H26N6OS. The number of amidine groups is 1. The van der Waals surface area contributed by atoms with Gasteiger partial charge in [0.2, 0.25) is 0 Å². The van der Waals surface area contributed by atoms with Crippen LogP contribution in [-0.4, -0.2) is 30.6 Å². The number of rotatable bonds is 4. The first-order chi connectivity index (χ1) is 15.0. The number of nitrogens with one attached hydrogen (secondary N) is 1. The van der Waals surface area contributed by atoms with Gasteiger partial charge in [-0.1, -0.05) is 30.0 Å². The smallest absolute Gasteiger partial charge is 0.297 e. The predicted molar refractivity (Wildman–Crippen MR) is 127 cm³/mol. The molecule has 0 amide bonds. The third-order valence-corrected chi connectivity index (χ3v) is 6.95. The Morgan fingerprint density at radius 1 is 1.13 bits per heavy atom. The largest absolute Gasteiger partial charge is 0.345 e. The lowest BCUT2D eigenvalue weighted by Crippen LogP contribution is -2.26. The lowest BCUT2D eigenvalue weighted by molar-refractivity contribution is 0.630. The number of thioether (sulfide) groups is 1. The van der Waals surface area contributed by atoms with E-state index in [1.165, 1.54) is 29.8 Å². The van der Waals surface area contributed by atoms with E-state index in [1.54, 1.807) is 16.4 Å². The summed E-state index contributed by atoms with van der Waals surface area (Å²) in [6, 6.07) is 12.5. The molecule has 1 N–H and O–H groups in total. The summed E-state index contributed by atoms with van der Waals surface area (Å²) in [7, 11) is 1.88. The van der Waals surface area contributed by atoms with Crippen LogP contribution in [-0.2, 0) is 7.05 Å². The van der Waals surface area contributed by atoms with Crippen molar-refractivity contribution in [2.24, 2.45) is 17.1 Å². The zero-order valence-corrected chi connectivity index (χ0v) is 19.0. The monoisotopic (exact) mass is 434 g/mol. The Morgan fingerprint density at radius 3 is 2.52 bits per heavy atom. The number of benzene rings is 1. The van der Waals surface area contributed by atoms with Crippen LogP contribution in [0.1, 0.15) is 41.5 Å². The van der Waals surface area contributed by atoms with Gasteiger partial charge in [0, 0.05) is 35.8 Å². The average molecular weight is 435 g/mol. The van der Waals surface area contributed by atoms with Gasteiger partial charge in [-0.3, -0.25) is 14.9 Å². The van der Waals surface area contributed by atoms with Gasteiger partial charge in [0.05, 0.1) is 17.1 Å². The first-order valence-electron chi connectivity index (χ1n) is 10.5. The van der Waals surface area contributed by atoms with Crippen LogP contribution in [0.4, 0.5) is 5.69 Å². The summed E-state index contributed by atoms with van der Waals surface area (Å²) in [4.78, 5) is 17.7. The van der Waals surface area contributed by atoms with E-state index >= 15 is 0 Å². The molecule has 2 aliphatic rings. The van der Waals surface area contributed by atoms with Gasteiger partial charge >= 0.3 is 0 Å². The third-order valence-electron chi connectivity index (χ3n) is 6.08. The Bertz CT molecular complexity index is 1270.